The summed E-state index contributed by atoms with van der Waals surface area (Å²) in [5.41, 5.74) is 0. The summed E-state index contributed by atoms with van der Waals surface area (Å²) in [6, 6.07) is 0. The Labute approximate surface area is 134 Å². The average Bonchev–Trinajstić information content (AvgIpc) is 2.48. The van der Waals surface area contributed by atoms with E-state index in [1.807, 2.05) is 0 Å². The first-order valence-electron chi connectivity index (χ1n) is 6.68. The normalized spacial score (nSPS) is 29.5. The molecule has 1 rings (SSSR count). The van der Waals surface area contributed by atoms with Gasteiger partial charge in [-0.05, 0) is 14.0 Å². The lowest BCUT2D eigenvalue weighted by Crippen LogP contribution is -2.28. The van der Waals surface area contributed by atoms with Gasteiger partial charge in [0.05, 0.1) is 26.8 Å². The average molecular weight is 394 g/mol. The molecule has 0 bridgehead atoms. The maximum absolute atomic E-state index is 9.29. The number of hydrogen-bond donors (Lipinski definition) is 9. The molecule has 138 valence electrons. The minimum Gasteiger partial charge on any atom is -0.381 e. The van der Waals surface area contributed by atoms with Crippen LogP contribution in [0.15, 0.2) is 13.5 Å². The van der Waals surface area contributed by atoms with Gasteiger partial charge in [-0.2, -0.15) is 13.5 Å². The highest BCUT2D eigenvalue weighted by Crippen LogP contribution is 2.72. The molecule has 0 aromatic rings. The van der Waals surface area contributed by atoms with E-state index in [1.165, 1.54) is 0 Å². The molecule has 2 unspecified atom stereocenters. The monoisotopic (exact) mass is 394 g/mol. The highest BCUT2D eigenvalue weighted by molar-refractivity contribution is 7.82. The fourth-order valence-electron chi connectivity index (χ4n) is 1.73. The summed E-state index contributed by atoms with van der Waals surface area (Å²) in [5, 5.41) is 51.0. The van der Waals surface area contributed by atoms with Crippen LogP contribution in [0.1, 0.15) is 6.92 Å². The quantitative estimate of drug-likeness (QED) is 0.159. The summed E-state index contributed by atoms with van der Waals surface area (Å²) < 4.78 is 19.1. The molecule has 0 fully saturated rings. The van der Waals surface area contributed by atoms with Crippen LogP contribution < -0.4 is 25.4 Å². The van der Waals surface area contributed by atoms with E-state index in [4.69, 9.17) is 4.52 Å². The first-order chi connectivity index (χ1) is 11.0. The van der Waals surface area contributed by atoms with Crippen LogP contribution in [0.5, 0.6) is 0 Å². The predicted octanol–water partition coefficient (Wildman–Crippen LogP) is -0.748. The third kappa shape index (κ3) is 5.38. The van der Waals surface area contributed by atoms with Gasteiger partial charge in [0.2, 0.25) is 15.0 Å². The Bertz CT molecular complexity index is 507. The third-order valence-corrected chi connectivity index (χ3v) is 12.2. The molecule has 16 heteroatoms. The molecule has 1 aliphatic rings. The fraction of sp³-hybridized carbons (Fsp3) is 1.00. The molecule has 0 radical (unpaired) electrons. The second kappa shape index (κ2) is 9.69. The summed E-state index contributed by atoms with van der Waals surface area (Å²) in [6.07, 6.45) is 0. The highest BCUT2D eigenvalue weighted by atomic mass is 31.3. The van der Waals surface area contributed by atoms with E-state index >= 15 is 0 Å². The van der Waals surface area contributed by atoms with Crippen LogP contribution in [0.3, 0.4) is 0 Å². The number of rotatable bonds is 11. The Morgan fingerprint density at radius 2 is 1.30 bits per heavy atom. The second-order valence-corrected chi connectivity index (χ2v) is 11.5. The van der Waals surface area contributed by atoms with Crippen molar-refractivity contribution in [2.45, 2.75) is 6.92 Å². The van der Waals surface area contributed by atoms with Gasteiger partial charge in [0, 0.05) is 0 Å². The molecule has 0 aliphatic carbocycles. The summed E-state index contributed by atoms with van der Waals surface area (Å²) in [5.74, 6) is 0. The molecule has 0 saturated carbocycles. The minimum atomic E-state index is -3.07. The molecule has 1 aliphatic heterocycles. The van der Waals surface area contributed by atoms with E-state index in [1.54, 1.807) is 14.0 Å². The van der Waals surface area contributed by atoms with Crippen molar-refractivity contribution in [3.8, 4) is 0 Å². The zero-order chi connectivity index (χ0) is 17.4. The van der Waals surface area contributed by atoms with E-state index in [0.29, 0.717) is 0 Å². The molecule has 9 N–H and O–H groups in total. The first-order valence-corrected chi connectivity index (χ1v) is 11.7. The molecule has 0 amide bonds. The molecule has 1 heterocycles. The van der Waals surface area contributed by atoms with E-state index in [9.17, 15) is 20.4 Å². The summed E-state index contributed by atoms with van der Waals surface area (Å²) in [4.78, 5) is 0. The Balaban J connectivity index is 3.65. The smallest absolute Gasteiger partial charge is 0.281 e. The summed E-state index contributed by atoms with van der Waals surface area (Å²) in [6.45, 7) is 0.237. The standard InChI is InChI=1S/C7H25N8O5P3/c1-3-20-23(12-7-19)14-21(8-2,9-4-16)13-22(15-23,10-5-17)11-6-18/h8-12,16-19H,3-7H2,1-2H3. The number of aliphatic hydroxyl groups is 4. The fourth-order valence-corrected chi connectivity index (χ4v) is 12.1. The van der Waals surface area contributed by atoms with Crippen molar-refractivity contribution in [3.63, 3.8) is 0 Å². The highest BCUT2D eigenvalue weighted by Gasteiger charge is 2.36. The molecule has 23 heavy (non-hydrogen) atoms. The SMILES string of the molecule is CCOP1(NCO)=NP(NC)(NCO)=NP(NCO)(NCO)=N1. The van der Waals surface area contributed by atoms with E-state index in [-0.39, 0.29) is 6.61 Å². The van der Waals surface area contributed by atoms with Gasteiger partial charge in [0.1, 0.15) is 6.73 Å². The number of nitrogens with zero attached hydrogens (tertiary/aromatic N) is 3. The molecular formula is C7H25N8O5P3. The van der Waals surface area contributed by atoms with Crippen molar-refractivity contribution < 1.29 is 24.9 Å². The topological polar surface area (TPSA) is 187 Å². The zero-order valence-corrected chi connectivity index (χ0v) is 15.6. The van der Waals surface area contributed by atoms with Gasteiger partial charge in [0.15, 0.2) is 0 Å². The van der Waals surface area contributed by atoms with Gasteiger partial charge in [0.25, 0.3) is 7.58 Å². The van der Waals surface area contributed by atoms with E-state index < -0.39 is 49.5 Å². The van der Waals surface area contributed by atoms with Crippen LogP contribution in [-0.4, -0.2) is 61.0 Å². The van der Waals surface area contributed by atoms with Crippen LogP contribution in [-0.2, 0) is 4.52 Å². The molecular weight excluding hydrogens is 369 g/mol. The zero-order valence-electron chi connectivity index (χ0n) is 12.9. The van der Waals surface area contributed by atoms with Gasteiger partial charge >= 0.3 is 0 Å². The molecule has 2 atom stereocenters. The maximum Gasteiger partial charge on any atom is 0.281 e. The third-order valence-electron chi connectivity index (χ3n) is 2.53. The van der Waals surface area contributed by atoms with Crippen molar-refractivity contribution in [3.05, 3.63) is 0 Å². The Morgan fingerprint density at radius 1 is 0.783 bits per heavy atom. The maximum atomic E-state index is 9.29. The lowest BCUT2D eigenvalue weighted by Gasteiger charge is -2.35. The number of aliphatic hydroxyl groups excluding tert-OH is 4. The van der Waals surface area contributed by atoms with Crippen LogP contribution in [0.2, 0.25) is 0 Å². The largest absolute Gasteiger partial charge is 0.381 e. The summed E-state index contributed by atoms with van der Waals surface area (Å²) in [7, 11) is -7.36. The van der Waals surface area contributed by atoms with Gasteiger partial charge in [-0.1, -0.05) is 0 Å². The van der Waals surface area contributed by atoms with Crippen molar-refractivity contribution in [2.24, 2.45) is 13.5 Å². The second-order valence-electron chi connectivity index (χ2n) is 3.92. The Morgan fingerprint density at radius 3 is 1.74 bits per heavy atom. The minimum absolute atomic E-state index is 0.259. The molecule has 0 aromatic carbocycles. The van der Waals surface area contributed by atoms with Crippen molar-refractivity contribution in [1.29, 1.82) is 0 Å². The molecule has 0 spiro atoms. The van der Waals surface area contributed by atoms with Gasteiger partial charge in [-0.15, -0.1) is 0 Å². The lowest BCUT2D eigenvalue weighted by atomic mass is 10.9. The first kappa shape index (κ1) is 21.3. The lowest BCUT2D eigenvalue weighted by molar-refractivity contribution is 0.276. The van der Waals surface area contributed by atoms with Crippen molar-refractivity contribution in [2.75, 3.05) is 40.6 Å². The number of hydrogen-bond acceptors (Lipinski definition) is 13. The summed E-state index contributed by atoms with van der Waals surface area (Å²) >= 11 is 0. The van der Waals surface area contributed by atoms with Crippen LogP contribution in [0.4, 0.5) is 0 Å². The van der Waals surface area contributed by atoms with Gasteiger partial charge in [-0.3, -0.25) is 5.09 Å². The number of nitrogens with one attached hydrogen (secondary N) is 5. The predicted molar refractivity (Wildman–Crippen MR) is 89.6 cm³/mol. The Hall–Kier alpha value is 0.290. The van der Waals surface area contributed by atoms with E-state index in [2.05, 4.69) is 39.0 Å². The van der Waals surface area contributed by atoms with Crippen LogP contribution in [0, 0.1) is 0 Å². The van der Waals surface area contributed by atoms with Crippen molar-refractivity contribution in [1.82, 2.24) is 25.4 Å². The Kier molecular flexibility index (Phi) is 8.99. The van der Waals surface area contributed by atoms with Crippen LogP contribution >= 0.6 is 22.6 Å². The molecule has 13 nitrogen and oxygen atoms in total. The molecule has 0 saturated heterocycles. The van der Waals surface area contributed by atoms with E-state index in [0.717, 1.165) is 0 Å². The van der Waals surface area contributed by atoms with Crippen molar-refractivity contribution >= 4 is 22.6 Å². The van der Waals surface area contributed by atoms with Crippen LogP contribution in [0.25, 0.3) is 0 Å². The van der Waals surface area contributed by atoms with Gasteiger partial charge < -0.3 is 24.9 Å². The van der Waals surface area contributed by atoms with Gasteiger partial charge in [-0.25, -0.2) is 20.3 Å². The molecule has 0 aromatic heterocycles.